The van der Waals surface area contributed by atoms with Crippen LogP contribution in [0.25, 0.3) is 10.2 Å². The Hall–Kier alpha value is -2.42. The van der Waals surface area contributed by atoms with Gasteiger partial charge in [-0.15, -0.1) is 11.3 Å². The van der Waals surface area contributed by atoms with Crippen molar-refractivity contribution in [2.24, 2.45) is 11.8 Å². The van der Waals surface area contributed by atoms with E-state index in [1.54, 1.807) is 11.4 Å². The van der Waals surface area contributed by atoms with Gasteiger partial charge in [0, 0.05) is 12.5 Å². The summed E-state index contributed by atoms with van der Waals surface area (Å²) in [5, 5.41) is 4.36. The van der Waals surface area contributed by atoms with Gasteiger partial charge in [0.05, 0.1) is 12.6 Å². The van der Waals surface area contributed by atoms with E-state index < -0.39 is 5.97 Å². The zero-order valence-corrected chi connectivity index (χ0v) is 15.3. The Balaban J connectivity index is 1.59. The number of thiophene rings is 1. The van der Waals surface area contributed by atoms with Crippen LogP contribution in [0.5, 0.6) is 0 Å². The summed E-state index contributed by atoms with van der Waals surface area (Å²) < 4.78 is 6.32. The van der Waals surface area contributed by atoms with Crippen molar-refractivity contribution in [3.8, 4) is 0 Å². The number of fused-ring (bicyclic) bond motifs is 1. The summed E-state index contributed by atoms with van der Waals surface area (Å²) in [7, 11) is 1.27. The van der Waals surface area contributed by atoms with E-state index in [1.165, 1.54) is 23.0 Å². The molecule has 0 aliphatic heterocycles. The van der Waals surface area contributed by atoms with Crippen molar-refractivity contribution in [1.82, 2.24) is 14.9 Å². The molecule has 0 saturated heterocycles. The molecule has 2 aromatic rings. The highest BCUT2D eigenvalue weighted by Crippen LogP contribution is 2.29. The normalized spacial score (nSPS) is 20.0. The number of hydrogen-bond acceptors (Lipinski definition) is 6. The smallest absolute Gasteiger partial charge is 0.328 e. The molecular weight excluding hydrogens is 358 g/mol. The van der Waals surface area contributed by atoms with Crippen molar-refractivity contribution in [3.63, 3.8) is 0 Å². The van der Waals surface area contributed by atoms with Gasteiger partial charge in [0.1, 0.15) is 11.2 Å². The van der Waals surface area contributed by atoms with E-state index in [0.717, 1.165) is 12.8 Å². The van der Waals surface area contributed by atoms with Gasteiger partial charge in [-0.1, -0.05) is 0 Å². The zero-order chi connectivity index (χ0) is 18.7. The van der Waals surface area contributed by atoms with Crippen LogP contribution in [0.2, 0.25) is 0 Å². The first-order chi connectivity index (χ1) is 12.5. The third-order valence-corrected chi connectivity index (χ3v) is 5.79. The Morgan fingerprint density at radius 3 is 2.73 bits per heavy atom. The molecule has 0 bridgehead atoms. The average molecular weight is 379 g/mol. The first kappa shape index (κ1) is 18.4. The van der Waals surface area contributed by atoms with Gasteiger partial charge in [0.25, 0.3) is 5.56 Å². The molecule has 2 aromatic heterocycles. The number of hydrogen-bond donors (Lipinski definition) is 2. The average Bonchev–Trinajstić information content (AvgIpc) is 3.11. The molecule has 1 aliphatic rings. The quantitative estimate of drug-likeness (QED) is 0.748. The second kappa shape index (κ2) is 7.86. The molecule has 1 saturated carbocycles. The monoisotopic (exact) mass is 379 g/mol. The number of esters is 1. The Labute approximate surface area is 153 Å². The number of nitrogens with one attached hydrogen (secondary N) is 2. The van der Waals surface area contributed by atoms with Gasteiger partial charge < -0.3 is 15.0 Å². The molecule has 26 heavy (non-hydrogen) atoms. The van der Waals surface area contributed by atoms with E-state index in [-0.39, 0.29) is 35.5 Å². The van der Waals surface area contributed by atoms with Gasteiger partial charge in [0.15, 0.2) is 0 Å². The molecule has 1 fully saturated rings. The largest absolute Gasteiger partial charge is 0.468 e. The molecule has 9 heteroatoms. The van der Waals surface area contributed by atoms with Crippen LogP contribution in [0, 0.1) is 11.8 Å². The predicted molar refractivity (Wildman–Crippen MR) is 97.2 cm³/mol. The van der Waals surface area contributed by atoms with E-state index in [0.29, 0.717) is 29.6 Å². The van der Waals surface area contributed by atoms with Crippen LogP contribution in [-0.4, -0.2) is 35.1 Å². The Morgan fingerprint density at radius 1 is 1.31 bits per heavy atom. The second-order valence-electron chi connectivity index (χ2n) is 6.52. The molecule has 1 amide bonds. The van der Waals surface area contributed by atoms with Crippen LogP contribution in [0.1, 0.15) is 25.7 Å². The first-order valence-electron chi connectivity index (χ1n) is 8.54. The zero-order valence-electron chi connectivity index (χ0n) is 14.4. The van der Waals surface area contributed by atoms with Gasteiger partial charge in [-0.2, -0.15) is 0 Å². The van der Waals surface area contributed by atoms with Crippen molar-refractivity contribution in [3.05, 3.63) is 32.3 Å². The van der Waals surface area contributed by atoms with E-state index in [4.69, 9.17) is 0 Å². The predicted octanol–water partition coefficient (Wildman–Crippen LogP) is 0.847. The molecule has 1 aliphatic carbocycles. The van der Waals surface area contributed by atoms with Gasteiger partial charge in [0.2, 0.25) is 5.91 Å². The van der Waals surface area contributed by atoms with Crippen molar-refractivity contribution >= 4 is 33.4 Å². The summed E-state index contributed by atoms with van der Waals surface area (Å²) in [4.78, 5) is 50.6. The lowest BCUT2D eigenvalue weighted by molar-refractivity contribution is -0.141. The SMILES string of the molecule is COC(=O)CNC(=O)C1CCC(Cn2c(=O)[nH]c3ccsc3c2=O)CC1. The standard InChI is InChI=1S/C17H21N3O5S/c1-25-13(21)8-18-15(22)11-4-2-10(3-5-11)9-20-16(23)14-12(6-7-26-14)19-17(20)24/h6-7,10-11H,2-5,8-9H2,1H3,(H,18,22)(H,19,24). The topological polar surface area (TPSA) is 110 Å². The van der Waals surface area contributed by atoms with Crippen molar-refractivity contribution < 1.29 is 14.3 Å². The highest BCUT2D eigenvalue weighted by atomic mass is 32.1. The van der Waals surface area contributed by atoms with Crippen LogP contribution in [-0.2, 0) is 20.9 Å². The second-order valence-corrected chi connectivity index (χ2v) is 7.44. The number of rotatable bonds is 5. The summed E-state index contributed by atoms with van der Waals surface area (Å²) in [6.07, 6.45) is 2.85. The van der Waals surface area contributed by atoms with Crippen molar-refractivity contribution in [2.75, 3.05) is 13.7 Å². The lowest BCUT2D eigenvalue weighted by Gasteiger charge is -2.27. The summed E-state index contributed by atoms with van der Waals surface area (Å²) in [5.74, 6) is -0.597. The summed E-state index contributed by atoms with van der Waals surface area (Å²) in [5.41, 5.74) is -0.0669. The Kier molecular flexibility index (Phi) is 5.55. The number of carbonyl (C=O) groups is 2. The lowest BCUT2D eigenvalue weighted by atomic mass is 9.81. The number of methoxy groups -OCH3 is 1. The summed E-state index contributed by atoms with van der Waals surface area (Å²) in [6.45, 7) is 0.235. The summed E-state index contributed by atoms with van der Waals surface area (Å²) in [6, 6.07) is 1.73. The molecule has 3 rings (SSSR count). The molecular formula is C17H21N3O5S. The molecule has 8 nitrogen and oxygen atoms in total. The number of carbonyl (C=O) groups excluding carboxylic acids is 2. The maximum Gasteiger partial charge on any atom is 0.328 e. The molecule has 0 atom stereocenters. The molecule has 0 spiro atoms. The molecule has 0 radical (unpaired) electrons. The number of H-pyrrole nitrogens is 1. The van der Waals surface area contributed by atoms with Crippen LogP contribution < -0.4 is 16.6 Å². The van der Waals surface area contributed by atoms with Gasteiger partial charge in [-0.05, 0) is 43.0 Å². The number of ether oxygens (including phenoxy) is 1. The highest BCUT2D eigenvalue weighted by Gasteiger charge is 2.27. The first-order valence-corrected chi connectivity index (χ1v) is 9.42. The van der Waals surface area contributed by atoms with E-state index in [1.807, 2.05) is 0 Å². The minimum absolute atomic E-state index is 0.124. The van der Waals surface area contributed by atoms with Crippen LogP contribution in [0.4, 0.5) is 0 Å². The lowest BCUT2D eigenvalue weighted by Crippen LogP contribution is -2.39. The Bertz CT molecular complexity index is 920. The molecule has 2 N–H and O–H groups in total. The summed E-state index contributed by atoms with van der Waals surface area (Å²) >= 11 is 1.32. The van der Waals surface area contributed by atoms with E-state index in [9.17, 15) is 19.2 Å². The molecule has 140 valence electrons. The van der Waals surface area contributed by atoms with Gasteiger partial charge in [-0.25, -0.2) is 4.79 Å². The number of aromatic nitrogens is 2. The maximum absolute atomic E-state index is 12.5. The van der Waals surface area contributed by atoms with Gasteiger partial charge >= 0.3 is 11.7 Å². The molecule has 0 unspecified atom stereocenters. The van der Waals surface area contributed by atoms with Crippen molar-refractivity contribution in [2.45, 2.75) is 32.2 Å². The number of amides is 1. The molecule has 0 aromatic carbocycles. The minimum Gasteiger partial charge on any atom is -0.468 e. The van der Waals surface area contributed by atoms with Crippen LogP contribution in [0.15, 0.2) is 21.0 Å². The van der Waals surface area contributed by atoms with E-state index >= 15 is 0 Å². The minimum atomic E-state index is -0.477. The van der Waals surface area contributed by atoms with Crippen molar-refractivity contribution in [1.29, 1.82) is 0 Å². The van der Waals surface area contributed by atoms with E-state index in [2.05, 4.69) is 15.0 Å². The van der Waals surface area contributed by atoms with Gasteiger partial charge in [-0.3, -0.25) is 19.0 Å². The fourth-order valence-corrected chi connectivity index (χ4v) is 4.18. The number of aromatic amines is 1. The maximum atomic E-state index is 12.5. The Morgan fingerprint density at radius 2 is 2.04 bits per heavy atom. The fraction of sp³-hybridized carbons (Fsp3) is 0.529. The number of nitrogens with zero attached hydrogens (tertiary/aromatic N) is 1. The van der Waals surface area contributed by atoms with Crippen LogP contribution >= 0.6 is 11.3 Å². The fourth-order valence-electron chi connectivity index (χ4n) is 3.38. The highest BCUT2D eigenvalue weighted by molar-refractivity contribution is 7.17. The molecule has 2 heterocycles. The third-order valence-electron chi connectivity index (χ3n) is 4.88. The van der Waals surface area contributed by atoms with Crippen LogP contribution in [0.3, 0.4) is 0 Å². The third kappa shape index (κ3) is 3.87.